The second-order valence-corrected chi connectivity index (χ2v) is 5.61. The zero-order valence-electron chi connectivity index (χ0n) is 13.0. The van der Waals surface area contributed by atoms with Crippen LogP contribution in [0, 0.1) is 0 Å². The quantitative estimate of drug-likeness (QED) is 0.670. The second kappa shape index (κ2) is 7.90. The molecule has 0 aromatic heterocycles. The molecule has 1 atom stereocenters. The first-order valence-electron chi connectivity index (χ1n) is 7.38. The Hall–Kier alpha value is -1.55. The molecule has 0 aliphatic carbocycles. The van der Waals surface area contributed by atoms with Crippen LogP contribution in [0.25, 0.3) is 0 Å². The molecule has 0 bridgehead atoms. The number of carbonyl (C=O) groups is 1. The Morgan fingerprint density at radius 1 is 1.20 bits per heavy atom. The van der Waals surface area contributed by atoms with Crippen molar-refractivity contribution in [3.63, 3.8) is 0 Å². The van der Waals surface area contributed by atoms with Crippen molar-refractivity contribution >= 4 is 6.03 Å². The van der Waals surface area contributed by atoms with E-state index in [1.54, 1.807) is 0 Å². The van der Waals surface area contributed by atoms with Crippen LogP contribution in [0.1, 0.15) is 52.5 Å². The van der Waals surface area contributed by atoms with E-state index in [0.717, 1.165) is 24.8 Å². The number of nitrogens with one attached hydrogen (secondary N) is 3. The van der Waals surface area contributed by atoms with Crippen LogP contribution in [0.2, 0.25) is 0 Å². The molecular weight excluding hydrogens is 250 g/mol. The van der Waals surface area contributed by atoms with Crippen molar-refractivity contribution in [3.8, 4) is 0 Å². The van der Waals surface area contributed by atoms with Crippen molar-refractivity contribution < 1.29 is 4.79 Å². The van der Waals surface area contributed by atoms with Crippen LogP contribution in [0.5, 0.6) is 0 Å². The van der Waals surface area contributed by atoms with E-state index in [2.05, 4.69) is 30.0 Å². The van der Waals surface area contributed by atoms with Crippen LogP contribution in [0.3, 0.4) is 0 Å². The molecule has 0 aliphatic heterocycles. The molecular formula is C16H27N3O. The molecule has 0 radical (unpaired) electrons. The van der Waals surface area contributed by atoms with Gasteiger partial charge in [-0.25, -0.2) is 10.2 Å². The molecule has 3 N–H and O–H groups in total. The molecule has 0 aliphatic rings. The summed E-state index contributed by atoms with van der Waals surface area (Å²) in [5, 5.41) is 2.98. The van der Waals surface area contributed by atoms with E-state index in [4.69, 9.17) is 0 Å². The molecule has 1 aromatic rings. The molecule has 1 rings (SSSR count). The third-order valence-electron chi connectivity index (χ3n) is 3.44. The van der Waals surface area contributed by atoms with Crippen molar-refractivity contribution in [2.75, 3.05) is 0 Å². The van der Waals surface area contributed by atoms with E-state index in [1.807, 2.05) is 44.2 Å². The Balaban J connectivity index is 2.49. The average molecular weight is 277 g/mol. The normalized spacial score (nSPS) is 12.8. The van der Waals surface area contributed by atoms with Crippen LogP contribution < -0.4 is 16.2 Å². The fraction of sp³-hybridized carbons (Fsp3) is 0.562. The summed E-state index contributed by atoms with van der Waals surface area (Å²) in [6, 6.07) is 10.1. The summed E-state index contributed by atoms with van der Waals surface area (Å²) in [5.74, 6) is 0. The summed E-state index contributed by atoms with van der Waals surface area (Å²) in [4.78, 5) is 12.0. The van der Waals surface area contributed by atoms with Crippen molar-refractivity contribution in [1.82, 2.24) is 16.2 Å². The molecule has 0 saturated heterocycles. The van der Waals surface area contributed by atoms with E-state index >= 15 is 0 Å². The molecule has 112 valence electrons. The van der Waals surface area contributed by atoms with Crippen molar-refractivity contribution in [3.05, 3.63) is 35.9 Å². The third-order valence-corrected chi connectivity index (χ3v) is 3.44. The Kier molecular flexibility index (Phi) is 6.52. The van der Waals surface area contributed by atoms with Crippen molar-refractivity contribution in [2.24, 2.45) is 0 Å². The molecule has 1 aromatic carbocycles. The molecule has 0 saturated carbocycles. The van der Waals surface area contributed by atoms with Gasteiger partial charge < -0.3 is 5.32 Å². The molecule has 20 heavy (non-hydrogen) atoms. The van der Waals surface area contributed by atoms with Gasteiger partial charge >= 0.3 is 6.03 Å². The van der Waals surface area contributed by atoms with Gasteiger partial charge in [0.05, 0.1) is 5.54 Å². The number of carbonyl (C=O) groups excluding carboxylic acids is 1. The first-order valence-corrected chi connectivity index (χ1v) is 7.38. The fourth-order valence-corrected chi connectivity index (χ4v) is 2.14. The van der Waals surface area contributed by atoms with Crippen LogP contribution in [-0.2, 0) is 5.54 Å². The first-order chi connectivity index (χ1) is 9.49. The lowest BCUT2D eigenvalue weighted by molar-refractivity contribution is 0.221. The van der Waals surface area contributed by atoms with Gasteiger partial charge in [-0.05, 0) is 32.3 Å². The fourth-order valence-electron chi connectivity index (χ4n) is 2.14. The topological polar surface area (TPSA) is 53.2 Å². The molecule has 4 heteroatoms. The number of amides is 2. The summed E-state index contributed by atoms with van der Waals surface area (Å²) >= 11 is 0. The SMILES string of the molecule is CCC[C@H](CC)NNC(=O)NC(C)(C)c1ccccc1. The maximum atomic E-state index is 12.0. The molecule has 4 nitrogen and oxygen atoms in total. The molecule has 2 amide bonds. The summed E-state index contributed by atoms with van der Waals surface area (Å²) in [6.45, 7) is 8.24. The highest BCUT2D eigenvalue weighted by atomic mass is 16.2. The lowest BCUT2D eigenvalue weighted by Crippen LogP contribution is -2.53. The number of urea groups is 1. The number of benzene rings is 1. The number of hydrazine groups is 1. The van der Waals surface area contributed by atoms with Crippen LogP contribution in [0.4, 0.5) is 4.79 Å². The Morgan fingerprint density at radius 2 is 1.85 bits per heavy atom. The monoisotopic (exact) mass is 277 g/mol. The lowest BCUT2D eigenvalue weighted by atomic mass is 9.95. The molecule has 0 unspecified atom stereocenters. The van der Waals surface area contributed by atoms with Crippen LogP contribution in [-0.4, -0.2) is 12.1 Å². The van der Waals surface area contributed by atoms with Gasteiger partial charge in [0.15, 0.2) is 0 Å². The number of hydrogen-bond acceptors (Lipinski definition) is 2. The summed E-state index contributed by atoms with van der Waals surface area (Å²) < 4.78 is 0. The maximum Gasteiger partial charge on any atom is 0.329 e. The number of hydrogen-bond donors (Lipinski definition) is 3. The Labute approximate surface area is 122 Å². The minimum absolute atomic E-state index is 0.201. The van der Waals surface area contributed by atoms with Gasteiger partial charge in [0.2, 0.25) is 0 Å². The number of rotatable bonds is 7. The summed E-state index contributed by atoms with van der Waals surface area (Å²) in [7, 11) is 0. The van der Waals surface area contributed by atoms with Gasteiger partial charge in [-0.15, -0.1) is 0 Å². The standard InChI is InChI=1S/C16H27N3O/c1-5-10-14(6-2)18-19-15(20)17-16(3,4)13-11-8-7-9-12-13/h7-9,11-12,14,18H,5-6,10H2,1-4H3,(H2,17,19,20)/t14-/m0/s1. The van der Waals surface area contributed by atoms with Gasteiger partial charge in [-0.3, -0.25) is 5.43 Å². The highest BCUT2D eigenvalue weighted by Crippen LogP contribution is 2.18. The van der Waals surface area contributed by atoms with Gasteiger partial charge in [-0.1, -0.05) is 50.6 Å². The van der Waals surface area contributed by atoms with Gasteiger partial charge in [0, 0.05) is 6.04 Å². The second-order valence-electron chi connectivity index (χ2n) is 5.61. The zero-order valence-corrected chi connectivity index (χ0v) is 13.0. The smallest absolute Gasteiger partial charge is 0.328 e. The highest BCUT2D eigenvalue weighted by Gasteiger charge is 2.22. The summed E-state index contributed by atoms with van der Waals surface area (Å²) in [6.07, 6.45) is 3.15. The third kappa shape index (κ3) is 5.21. The molecule has 0 fully saturated rings. The largest absolute Gasteiger partial charge is 0.329 e. The van der Waals surface area contributed by atoms with E-state index in [-0.39, 0.29) is 6.03 Å². The molecule has 0 spiro atoms. The van der Waals surface area contributed by atoms with E-state index < -0.39 is 5.54 Å². The highest BCUT2D eigenvalue weighted by molar-refractivity contribution is 5.74. The zero-order chi connectivity index (χ0) is 15.0. The van der Waals surface area contributed by atoms with Crippen molar-refractivity contribution in [2.45, 2.75) is 58.5 Å². The Morgan fingerprint density at radius 3 is 2.40 bits per heavy atom. The summed E-state index contributed by atoms with van der Waals surface area (Å²) in [5.41, 5.74) is 6.50. The average Bonchev–Trinajstić information content (AvgIpc) is 2.44. The molecule has 0 heterocycles. The minimum Gasteiger partial charge on any atom is -0.328 e. The Bertz CT molecular complexity index is 403. The van der Waals surface area contributed by atoms with Crippen LogP contribution >= 0.6 is 0 Å². The maximum absolute atomic E-state index is 12.0. The van der Waals surface area contributed by atoms with Gasteiger partial charge in [-0.2, -0.15) is 0 Å². The van der Waals surface area contributed by atoms with E-state index in [0.29, 0.717) is 6.04 Å². The predicted molar refractivity (Wildman–Crippen MR) is 83.3 cm³/mol. The van der Waals surface area contributed by atoms with E-state index in [1.165, 1.54) is 0 Å². The minimum atomic E-state index is -0.403. The van der Waals surface area contributed by atoms with Crippen molar-refractivity contribution in [1.29, 1.82) is 0 Å². The lowest BCUT2D eigenvalue weighted by Gasteiger charge is -2.27. The van der Waals surface area contributed by atoms with Gasteiger partial charge in [0.1, 0.15) is 0 Å². The van der Waals surface area contributed by atoms with Gasteiger partial charge in [0.25, 0.3) is 0 Å². The predicted octanol–water partition coefficient (Wildman–Crippen LogP) is 3.30. The first kappa shape index (κ1) is 16.5. The van der Waals surface area contributed by atoms with E-state index in [9.17, 15) is 4.79 Å². The van der Waals surface area contributed by atoms with Crippen LogP contribution in [0.15, 0.2) is 30.3 Å².